The standard InChI is InChI=1S/C24H22N2O4S/c1-15-11-17(12-16(2)22(15)27)13-21-23(28)26(14-20-5-4-10-30-20)24(31-21)25-18-6-8-19(29-3)9-7-18/h4-13,27H,14H2,1-3H3. The summed E-state index contributed by atoms with van der Waals surface area (Å²) in [6, 6.07) is 14.7. The summed E-state index contributed by atoms with van der Waals surface area (Å²) in [6.45, 7) is 3.97. The van der Waals surface area contributed by atoms with E-state index in [0.717, 1.165) is 28.1 Å². The zero-order valence-electron chi connectivity index (χ0n) is 17.5. The van der Waals surface area contributed by atoms with E-state index in [0.29, 0.717) is 22.4 Å². The zero-order chi connectivity index (χ0) is 22.0. The fourth-order valence-corrected chi connectivity index (χ4v) is 4.28. The number of thioether (sulfide) groups is 1. The van der Waals surface area contributed by atoms with Crippen molar-refractivity contribution in [3.05, 3.63) is 82.1 Å². The Bertz CT molecular complexity index is 1140. The molecule has 1 amide bonds. The van der Waals surface area contributed by atoms with Gasteiger partial charge >= 0.3 is 0 Å². The van der Waals surface area contributed by atoms with Crippen molar-refractivity contribution in [1.82, 2.24) is 4.90 Å². The zero-order valence-corrected chi connectivity index (χ0v) is 18.3. The summed E-state index contributed by atoms with van der Waals surface area (Å²) in [5.41, 5.74) is 3.11. The van der Waals surface area contributed by atoms with Crippen LogP contribution in [-0.4, -0.2) is 28.2 Å². The van der Waals surface area contributed by atoms with Crippen LogP contribution in [-0.2, 0) is 11.3 Å². The van der Waals surface area contributed by atoms with E-state index in [1.165, 1.54) is 11.8 Å². The van der Waals surface area contributed by atoms with Gasteiger partial charge in [-0.1, -0.05) is 0 Å². The van der Waals surface area contributed by atoms with Crippen molar-refractivity contribution in [2.45, 2.75) is 20.4 Å². The molecule has 0 atom stereocenters. The molecule has 158 valence electrons. The molecule has 1 N–H and O–H groups in total. The van der Waals surface area contributed by atoms with Crippen LogP contribution in [0.15, 0.2) is 69.1 Å². The van der Waals surface area contributed by atoms with Gasteiger partial charge in [0.1, 0.15) is 17.3 Å². The normalized spacial score (nSPS) is 16.5. The molecular formula is C24H22N2O4S. The number of hydrogen-bond acceptors (Lipinski definition) is 6. The average Bonchev–Trinajstić information content (AvgIpc) is 3.37. The third kappa shape index (κ3) is 4.51. The van der Waals surface area contributed by atoms with Crippen LogP contribution in [0.4, 0.5) is 5.69 Å². The van der Waals surface area contributed by atoms with Gasteiger partial charge in [-0.3, -0.25) is 9.69 Å². The number of methoxy groups -OCH3 is 1. The fourth-order valence-electron chi connectivity index (χ4n) is 3.28. The van der Waals surface area contributed by atoms with Crippen LogP contribution in [0.1, 0.15) is 22.5 Å². The number of phenols is 1. The van der Waals surface area contributed by atoms with Gasteiger partial charge in [0.15, 0.2) is 5.17 Å². The van der Waals surface area contributed by atoms with Crippen molar-refractivity contribution in [2.75, 3.05) is 7.11 Å². The van der Waals surface area contributed by atoms with E-state index in [-0.39, 0.29) is 11.7 Å². The molecule has 1 aromatic heterocycles. The quantitative estimate of drug-likeness (QED) is 0.543. The molecule has 3 aromatic rings. The Balaban J connectivity index is 1.70. The number of aromatic hydroxyl groups is 1. The van der Waals surface area contributed by atoms with E-state index in [2.05, 4.69) is 0 Å². The number of aliphatic imine (C=N–C) groups is 1. The number of amides is 1. The number of furan rings is 1. The number of amidine groups is 1. The second-order valence-electron chi connectivity index (χ2n) is 7.18. The van der Waals surface area contributed by atoms with Gasteiger partial charge in [-0.25, -0.2) is 4.99 Å². The maximum absolute atomic E-state index is 13.2. The highest BCUT2D eigenvalue weighted by Crippen LogP contribution is 2.36. The SMILES string of the molecule is COc1ccc(N=C2SC(=Cc3cc(C)c(O)c(C)c3)C(=O)N2Cc2ccco2)cc1. The van der Waals surface area contributed by atoms with Crippen molar-refractivity contribution in [3.8, 4) is 11.5 Å². The molecule has 1 saturated heterocycles. The molecule has 7 heteroatoms. The average molecular weight is 435 g/mol. The number of carbonyl (C=O) groups is 1. The summed E-state index contributed by atoms with van der Waals surface area (Å²) in [5, 5.41) is 10.6. The maximum Gasteiger partial charge on any atom is 0.267 e. The molecule has 4 rings (SSSR count). The molecular weight excluding hydrogens is 412 g/mol. The lowest BCUT2D eigenvalue weighted by atomic mass is 10.1. The highest BCUT2D eigenvalue weighted by molar-refractivity contribution is 8.18. The number of hydrogen-bond donors (Lipinski definition) is 1. The fraction of sp³-hybridized carbons (Fsp3) is 0.167. The second-order valence-corrected chi connectivity index (χ2v) is 8.19. The third-order valence-corrected chi connectivity index (χ3v) is 5.90. The molecule has 2 heterocycles. The highest BCUT2D eigenvalue weighted by Gasteiger charge is 2.34. The lowest BCUT2D eigenvalue weighted by Gasteiger charge is -2.14. The predicted molar refractivity (Wildman–Crippen MR) is 122 cm³/mol. The molecule has 0 unspecified atom stereocenters. The summed E-state index contributed by atoms with van der Waals surface area (Å²) in [4.78, 5) is 20.1. The van der Waals surface area contributed by atoms with Gasteiger partial charge in [0.25, 0.3) is 5.91 Å². The van der Waals surface area contributed by atoms with Crippen LogP contribution in [0.2, 0.25) is 0 Å². The van der Waals surface area contributed by atoms with E-state index in [1.807, 2.05) is 62.4 Å². The van der Waals surface area contributed by atoms with Crippen molar-refractivity contribution >= 4 is 34.6 Å². The molecule has 1 aliphatic heterocycles. The Kier molecular flexibility index (Phi) is 5.86. The van der Waals surface area contributed by atoms with Crippen molar-refractivity contribution in [3.63, 3.8) is 0 Å². The summed E-state index contributed by atoms with van der Waals surface area (Å²) in [6.07, 6.45) is 3.42. The maximum atomic E-state index is 13.2. The molecule has 1 aliphatic rings. The van der Waals surface area contributed by atoms with Gasteiger partial charge in [0.2, 0.25) is 0 Å². The van der Waals surface area contributed by atoms with E-state index >= 15 is 0 Å². The van der Waals surface area contributed by atoms with Crippen LogP contribution in [0, 0.1) is 13.8 Å². The Morgan fingerprint density at radius 2 is 1.87 bits per heavy atom. The van der Waals surface area contributed by atoms with E-state index in [4.69, 9.17) is 14.1 Å². The largest absolute Gasteiger partial charge is 0.507 e. The van der Waals surface area contributed by atoms with E-state index in [1.54, 1.807) is 24.3 Å². The minimum Gasteiger partial charge on any atom is -0.507 e. The second kappa shape index (κ2) is 8.73. The topological polar surface area (TPSA) is 75.3 Å². The molecule has 0 bridgehead atoms. The van der Waals surface area contributed by atoms with Crippen molar-refractivity contribution in [2.24, 2.45) is 4.99 Å². The Labute approximate surface area is 184 Å². The summed E-state index contributed by atoms with van der Waals surface area (Å²) >= 11 is 1.32. The van der Waals surface area contributed by atoms with Crippen LogP contribution < -0.4 is 4.74 Å². The molecule has 1 fully saturated rings. The van der Waals surface area contributed by atoms with Crippen LogP contribution in [0.25, 0.3) is 6.08 Å². The number of nitrogens with zero attached hydrogens (tertiary/aromatic N) is 2. The molecule has 0 radical (unpaired) electrons. The van der Waals surface area contributed by atoms with Crippen LogP contribution in [0.5, 0.6) is 11.5 Å². The van der Waals surface area contributed by atoms with Crippen molar-refractivity contribution in [1.29, 1.82) is 0 Å². The number of phenolic OH excluding ortho intramolecular Hbond substituents is 1. The molecule has 2 aromatic carbocycles. The van der Waals surface area contributed by atoms with Crippen molar-refractivity contribution < 1.29 is 19.1 Å². The number of ether oxygens (including phenoxy) is 1. The first kappa shape index (κ1) is 20.8. The van der Waals surface area contributed by atoms with Gasteiger partial charge in [-0.2, -0.15) is 0 Å². The lowest BCUT2D eigenvalue weighted by Crippen LogP contribution is -2.28. The first-order valence-corrected chi connectivity index (χ1v) is 10.5. The van der Waals surface area contributed by atoms with E-state index in [9.17, 15) is 9.90 Å². The summed E-state index contributed by atoms with van der Waals surface area (Å²) in [7, 11) is 1.61. The van der Waals surface area contributed by atoms with Gasteiger partial charge < -0.3 is 14.3 Å². The number of benzene rings is 2. The highest BCUT2D eigenvalue weighted by atomic mass is 32.2. The molecule has 0 saturated carbocycles. The summed E-state index contributed by atoms with van der Waals surface area (Å²) < 4.78 is 10.6. The minimum atomic E-state index is -0.142. The number of carbonyl (C=O) groups excluding carboxylic acids is 1. The predicted octanol–water partition coefficient (Wildman–Crippen LogP) is 5.41. The van der Waals surface area contributed by atoms with Gasteiger partial charge in [0, 0.05) is 0 Å². The Hall–Kier alpha value is -3.45. The number of rotatable bonds is 5. The minimum absolute atomic E-state index is 0.142. The van der Waals surface area contributed by atoms with E-state index < -0.39 is 0 Å². The molecule has 0 aliphatic carbocycles. The smallest absolute Gasteiger partial charge is 0.267 e. The third-order valence-electron chi connectivity index (χ3n) is 4.89. The molecule has 0 spiro atoms. The van der Waals surface area contributed by atoms with Gasteiger partial charge in [0.05, 0.1) is 30.5 Å². The van der Waals surface area contributed by atoms with Gasteiger partial charge in [-0.05, 0) is 96.9 Å². The first-order chi connectivity index (χ1) is 14.9. The van der Waals surface area contributed by atoms with Gasteiger partial charge in [-0.15, -0.1) is 0 Å². The first-order valence-electron chi connectivity index (χ1n) is 9.71. The Morgan fingerprint density at radius 3 is 2.48 bits per heavy atom. The number of aryl methyl sites for hydroxylation is 2. The molecule has 31 heavy (non-hydrogen) atoms. The van der Waals surface area contributed by atoms with Crippen LogP contribution in [0.3, 0.4) is 0 Å². The monoisotopic (exact) mass is 434 g/mol. The summed E-state index contributed by atoms with van der Waals surface area (Å²) in [5.74, 6) is 1.55. The molecule has 6 nitrogen and oxygen atoms in total. The van der Waals surface area contributed by atoms with Crippen LogP contribution >= 0.6 is 11.8 Å². The lowest BCUT2D eigenvalue weighted by molar-refractivity contribution is -0.122. The Morgan fingerprint density at radius 1 is 1.16 bits per heavy atom.